The van der Waals surface area contributed by atoms with E-state index in [1.165, 1.54) is 4.88 Å². The first kappa shape index (κ1) is 11.0. The van der Waals surface area contributed by atoms with E-state index in [4.69, 9.17) is 0 Å². The van der Waals surface area contributed by atoms with Crippen molar-refractivity contribution in [1.82, 2.24) is 10.2 Å². The summed E-state index contributed by atoms with van der Waals surface area (Å²) < 4.78 is 13.3. The highest BCUT2D eigenvalue weighted by Gasteiger charge is 2.31. The van der Waals surface area contributed by atoms with E-state index >= 15 is 0 Å². The maximum absolute atomic E-state index is 13.3. The Morgan fingerprint density at radius 1 is 1.67 bits per heavy atom. The summed E-state index contributed by atoms with van der Waals surface area (Å²) in [6.45, 7) is 2.36. The average Bonchev–Trinajstić information content (AvgIpc) is 2.78. The van der Waals surface area contributed by atoms with Crippen LogP contribution >= 0.6 is 11.3 Å². The summed E-state index contributed by atoms with van der Waals surface area (Å²) in [4.78, 5) is 3.57. The monoisotopic (exact) mass is 228 g/mol. The molecule has 0 bridgehead atoms. The molecule has 0 unspecified atom stereocenters. The molecule has 0 aliphatic carbocycles. The molecule has 15 heavy (non-hydrogen) atoms. The van der Waals surface area contributed by atoms with Gasteiger partial charge in [-0.1, -0.05) is 6.07 Å². The van der Waals surface area contributed by atoms with Gasteiger partial charge in [0.2, 0.25) is 0 Å². The molecule has 1 aromatic heterocycles. The molecule has 2 rings (SSSR count). The SMILES string of the molecule is CNC[C@H]1C[C@H](F)CN1Cc1cccs1. The molecular weight excluding hydrogens is 211 g/mol. The Kier molecular flexibility index (Phi) is 3.72. The first-order valence-corrected chi connectivity index (χ1v) is 6.22. The Labute approximate surface area is 94.1 Å². The first-order valence-electron chi connectivity index (χ1n) is 5.34. The lowest BCUT2D eigenvalue weighted by molar-refractivity contribution is 0.234. The van der Waals surface area contributed by atoms with E-state index in [1.54, 1.807) is 11.3 Å². The fourth-order valence-electron chi connectivity index (χ4n) is 2.17. The van der Waals surface area contributed by atoms with Gasteiger partial charge in [0, 0.05) is 30.6 Å². The molecule has 1 aromatic rings. The lowest BCUT2D eigenvalue weighted by Gasteiger charge is -2.22. The number of nitrogens with zero attached hydrogens (tertiary/aromatic N) is 1. The van der Waals surface area contributed by atoms with E-state index in [-0.39, 0.29) is 0 Å². The first-order chi connectivity index (χ1) is 7.29. The Morgan fingerprint density at radius 2 is 2.53 bits per heavy atom. The zero-order chi connectivity index (χ0) is 10.7. The molecule has 1 fully saturated rings. The van der Waals surface area contributed by atoms with Crippen molar-refractivity contribution in [2.75, 3.05) is 20.1 Å². The predicted molar refractivity (Wildman–Crippen MR) is 62.0 cm³/mol. The van der Waals surface area contributed by atoms with E-state index in [0.29, 0.717) is 19.0 Å². The summed E-state index contributed by atoms with van der Waals surface area (Å²) in [5, 5.41) is 5.21. The molecule has 84 valence electrons. The fourth-order valence-corrected chi connectivity index (χ4v) is 2.90. The molecule has 0 aromatic carbocycles. The Morgan fingerprint density at radius 3 is 3.20 bits per heavy atom. The second-order valence-electron chi connectivity index (χ2n) is 4.05. The second kappa shape index (κ2) is 5.05. The van der Waals surface area contributed by atoms with Crippen molar-refractivity contribution in [3.63, 3.8) is 0 Å². The summed E-state index contributed by atoms with van der Waals surface area (Å²) >= 11 is 1.75. The maximum atomic E-state index is 13.3. The zero-order valence-electron chi connectivity index (χ0n) is 8.95. The molecule has 1 aliphatic heterocycles. The van der Waals surface area contributed by atoms with Gasteiger partial charge in [-0.05, 0) is 24.9 Å². The van der Waals surface area contributed by atoms with Crippen LogP contribution in [0.1, 0.15) is 11.3 Å². The number of hydrogen-bond donors (Lipinski definition) is 1. The van der Waals surface area contributed by atoms with Crippen LogP contribution in [0.4, 0.5) is 4.39 Å². The predicted octanol–water partition coefficient (Wildman–Crippen LogP) is 1.88. The minimum Gasteiger partial charge on any atom is -0.318 e. The number of likely N-dealkylation sites (N-methyl/N-ethyl adjacent to an activating group) is 1. The van der Waals surface area contributed by atoms with Gasteiger partial charge in [-0.3, -0.25) is 4.90 Å². The molecule has 1 aliphatic rings. The maximum Gasteiger partial charge on any atom is 0.114 e. The van der Waals surface area contributed by atoms with Crippen LogP contribution in [0, 0.1) is 0 Å². The van der Waals surface area contributed by atoms with E-state index in [9.17, 15) is 4.39 Å². The smallest absolute Gasteiger partial charge is 0.114 e. The number of thiophene rings is 1. The van der Waals surface area contributed by atoms with Gasteiger partial charge in [0.25, 0.3) is 0 Å². The highest BCUT2D eigenvalue weighted by atomic mass is 32.1. The van der Waals surface area contributed by atoms with Crippen molar-refractivity contribution in [2.24, 2.45) is 0 Å². The number of halogens is 1. The molecular formula is C11H17FN2S. The average molecular weight is 228 g/mol. The molecule has 0 radical (unpaired) electrons. The van der Waals surface area contributed by atoms with Gasteiger partial charge in [-0.25, -0.2) is 4.39 Å². The van der Waals surface area contributed by atoms with Gasteiger partial charge in [-0.15, -0.1) is 11.3 Å². The van der Waals surface area contributed by atoms with Crippen LogP contribution < -0.4 is 5.32 Å². The van der Waals surface area contributed by atoms with Crippen LogP contribution in [0.5, 0.6) is 0 Å². The van der Waals surface area contributed by atoms with Crippen molar-refractivity contribution in [3.05, 3.63) is 22.4 Å². The Hall–Kier alpha value is -0.450. The molecule has 2 nitrogen and oxygen atoms in total. The molecule has 1 N–H and O–H groups in total. The largest absolute Gasteiger partial charge is 0.318 e. The van der Waals surface area contributed by atoms with Crippen LogP contribution in [0.15, 0.2) is 17.5 Å². The molecule has 2 heterocycles. The van der Waals surface area contributed by atoms with Crippen LogP contribution in [-0.2, 0) is 6.54 Å². The summed E-state index contributed by atoms with van der Waals surface area (Å²) in [6, 6.07) is 4.52. The highest BCUT2D eigenvalue weighted by Crippen LogP contribution is 2.23. The van der Waals surface area contributed by atoms with Gasteiger partial charge < -0.3 is 5.32 Å². The van der Waals surface area contributed by atoms with E-state index in [0.717, 1.165) is 13.1 Å². The normalized spacial score (nSPS) is 27.3. The Bertz CT molecular complexity index is 289. The van der Waals surface area contributed by atoms with E-state index in [2.05, 4.69) is 27.7 Å². The molecule has 4 heteroatoms. The number of nitrogens with one attached hydrogen (secondary N) is 1. The van der Waals surface area contributed by atoms with Crippen molar-refractivity contribution in [3.8, 4) is 0 Å². The molecule has 0 spiro atoms. The van der Waals surface area contributed by atoms with Crippen molar-refractivity contribution >= 4 is 11.3 Å². The van der Waals surface area contributed by atoms with Crippen LogP contribution in [-0.4, -0.2) is 37.3 Å². The molecule has 1 saturated heterocycles. The molecule has 0 amide bonds. The topological polar surface area (TPSA) is 15.3 Å². The van der Waals surface area contributed by atoms with Crippen molar-refractivity contribution < 1.29 is 4.39 Å². The quantitative estimate of drug-likeness (QED) is 0.846. The van der Waals surface area contributed by atoms with Gasteiger partial charge >= 0.3 is 0 Å². The fraction of sp³-hybridized carbons (Fsp3) is 0.636. The lowest BCUT2D eigenvalue weighted by Crippen LogP contribution is -2.36. The van der Waals surface area contributed by atoms with Gasteiger partial charge in [-0.2, -0.15) is 0 Å². The third-order valence-corrected chi connectivity index (χ3v) is 3.72. The highest BCUT2D eigenvalue weighted by molar-refractivity contribution is 7.09. The summed E-state index contributed by atoms with van der Waals surface area (Å²) in [6.07, 6.45) is 0.0231. The number of alkyl halides is 1. The summed E-state index contributed by atoms with van der Waals surface area (Å²) in [5.41, 5.74) is 0. The number of likely N-dealkylation sites (tertiary alicyclic amines) is 1. The Balaban J connectivity index is 1.94. The lowest BCUT2D eigenvalue weighted by atomic mass is 10.2. The van der Waals surface area contributed by atoms with Gasteiger partial charge in [0.05, 0.1) is 0 Å². The van der Waals surface area contributed by atoms with Crippen molar-refractivity contribution in [1.29, 1.82) is 0 Å². The van der Waals surface area contributed by atoms with Gasteiger partial charge in [0.15, 0.2) is 0 Å². The summed E-state index contributed by atoms with van der Waals surface area (Å²) in [5.74, 6) is 0. The minimum absolute atomic E-state index is 0.354. The van der Waals surface area contributed by atoms with Crippen molar-refractivity contribution in [2.45, 2.75) is 25.2 Å². The van der Waals surface area contributed by atoms with E-state index in [1.807, 2.05) is 7.05 Å². The third kappa shape index (κ3) is 2.77. The number of hydrogen-bond acceptors (Lipinski definition) is 3. The van der Waals surface area contributed by atoms with Gasteiger partial charge in [0.1, 0.15) is 6.17 Å². The second-order valence-corrected chi connectivity index (χ2v) is 5.09. The molecule has 2 atom stereocenters. The number of rotatable bonds is 4. The zero-order valence-corrected chi connectivity index (χ0v) is 9.77. The standard InChI is InChI=1S/C11H17FN2S/c1-13-6-10-5-9(12)7-14(10)8-11-3-2-4-15-11/h2-4,9-10,13H,5-8H2,1H3/t9-,10+/m0/s1. The van der Waals surface area contributed by atoms with Crippen LogP contribution in [0.25, 0.3) is 0 Å². The minimum atomic E-state index is -0.650. The third-order valence-electron chi connectivity index (χ3n) is 2.86. The van der Waals surface area contributed by atoms with Crippen LogP contribution in [0.2, 0.25) is 0 Å². The van der Waals surface area contributed by atoms with Crippen LogP contribution in [0.3, 0.4) is 0 Å². The van der Waals surface area contributed by atoms with E-state index < -0.39 is 6.17 Å². The summed E-state index contributed by atoms with van der Waals surface area (Å²) in [7, 11) is 1.93. The molecule has 0 saturated carbocycles.